The third kappa shape index (κ3) is 3.32. The van der Waals surface area contributed by atoms with Gasteiger partial charge in [-0.3, -0.25) is 4.79 Å². The normalized spacial score (nSPS) is 28.8. The Morgan fingerprint density at radius 2 is 2.21 bits per heavy atom. The second-order valence-electron chi connectivity index (χ2n) is 4.81. The number of rotatable bonds is 4. The zero-order valence-electron chi connectivity index (χ0n) is 9.68. The van der Waals surface area contributed by atoms with Crippen molar-refractivity contribution in [3.63, 3.8) is 0 Å². The summed E-state index contributed by atoms with van der Waals surface area (Å²) in [6, 6.07) is 0.455. The molecule has 3 unspecified atom stereocenters. The highest BCUT2D eigenvalue weighted by molar-refractivity contribution is 5.78. The molecule has 0 radical (unpaired) electrons. The van der Waals surface area contributed by atoms with Gasteiger partial charge in [0.25, 0.3) is 0 Å². The molecule has 1 saturated carbocycles. The van der Waals surface area contributed by atoms with Gasteiger partial charge in [-0.05, 0) is 31.6 Å². The number of nitrogens with one attached hydrogen (secondary N) is 1. The van der Waals surface area contributed by atoms with Crippen molar-refractivity contribution in [3.05, 3.63) is 0 Å². The Morgan fingerprint density at radius 1 is 1.50 bits per heavy atom. The summed E-state index contributed by atoms with van der Waals surface area (Å²) in [4.78, 5) is 11.7. The average molecular weight is 197 g/mol. The second-order valence-corrected chi connectivity index (χ2v) is 4.81. The minimum atomic E-state index is 0.191. The zero-order chi connectivity index (χ0) is 10.6. The molecule has 0 aromatic heterocycles. The van der Waals surface area contributed by atoms with Crippen LogP contribution in [0.3, 0.4) is 0 Å². The van der Waals surface area contributed by atoms with Crippen molar-refractivity contribution in [1.29, 1.82) is 0 Å². The Bertz CT molecular complexity index is 191. The van der Waals surface area contributed by atoms with E-state index in [9.17, 15) is 4.79 Å². The fraction of sp³-hybridized carbons (Fsp3) is 0.917. The quantitative estimate of drug-likeness (QED) is 0.737. The van der Waals surface area contributed by atoms with E-state index in [0.717, 1.165) is 18.8 Å². The van der Waals surface area contributed by atoms with E-state index in [1.54, 1.807) is 0 Å². The van der Waals surface area contributed by atoms with Crippen LogP contribution in [0.15, 0.2) is 0 Å². The predicted octanol–water partition coefficient (Wildman–Crippen LogP) is 2.73. The molecule has 1 rings (SSSR count). The van der Waals surface area contributed by atoms with Crippen LogP contribution >= 0.6 is 0 Å². The monoisotopic (exact) mass is 197 g/mol. The van der Waals surface area contributed by atoms with Gasteiger partial charge in [0.05, 0.1) is 0 Å². The van der Waals surface area contributed by atoms with Crippen molar-refractivity contribution in [2.45, 2.75) is 58.9 Å². The van der Waals surface area contributed by atoms with Gasteiger partial charge in [-0.2, -0.15) is 0 Å². The Labute approximate surface area is 87.5 Å². The highest BCUT2D eigenvalue weighted by Crippen LogP contribution is 2.24. The van der Waals surface area contributed by atoms with Gasteiger partial charge < -0.3 is 5.32 Å². The molecule has 1 aliphatic rings. The summed E-state index contributed by atoms with van der Waals surface area (Å²) in [6.07, 6.45) is 5.72. The Kier molecular flexibility index (Phi) is 4.43. The Morgan fingerprint density at radius 3 is 2.71 bits per heavy atom. The van der Waals surface area contributed by atoms with Crippen molar-refractivity contribution >= 4 is 5.91 Å². The average Bonchev–Trinajstić information content (AvgIpc) is 2.51. The first-order valence-corrected chi connectivity index (χ1v) is 5.93. The maximum absolute atomic E-state index is 11.7. The van der Waals surface area contributed by atoms with Crippen molar-refractivity contribution in [1.82, 2.24) is 5.32 Å². The number of carbonyl (C=O) groups is 1. The van der Waals surface area contributed by atoms with Crippen LogP contribution in [-0.2, 0) is 4.79 Å². The summed E-state index contributed by atoms with van der Waals surface area (Å²) >= 11 is 0. The Balaban J connectivity index is 2.26. The van der Waals surface area contributed by atoms with E-state index in [-0.39, 0.29) is 11.8 Å². The van der Waals surface area contributed by atoms with Crippen molar-refractivity contribution in [2.24, 2.45) is 11.8 Å². The van der Waals surface area contributed by atoms with Gasteiger partial charge in [-0.25, -0.2) is 0 Å². The summed E-state index contributed by atoms with van der Waals surface area (Å²) < 4.78 is 0. The molecule has 0 heterocycles. The lowest BCUT2D eigenvalue weighted by atomic mass is 10.0. The molecule has 1 aliphatic carbocycles. The molecule has 0 spiro atoms. The van der Waals surface area contributed by atoms with Gasteiger partial charge in [-0.1, -0.05) is 27.2 Å². The molecule has 1 fully saturated rings. The van der Waals surface area contributed by atoms with E-state index in [1.807, 2.05) is 6.92 Å². The van der Waals surface area contributed by atoms with E-state index in [2.05, 4.69) is 19.2 Å². The first-order valence-electron chi connectivity index (χ1n) is 5.93. The maximum Gasteiger partial charge on any atom is 0.223 e. The molecule has 1 N–H and O–H groups in total. The molecule has 82 valence electrons. The molecule has 1 amide bonds. The highest BCUT2D eigenvalue weighted by atomic mass is 16.1. The summed E-state index contributed by atoms with van der Waals surface area (Å²) in [7, 11) is 0. The van der Waals surface area contributed by atoms with Gasteiger partial charge in [0.15, 0.2) is 0 Å². The molecule has 2 heteroatoms. The van der Waals surface area contributed by atoms with E-state index in [1.165, 1.54) is 19.3 Å². The summed E-state index contributed by atoms with van der Waals surface area (Å²) in [5, 5.41) is 3.15. The van der Waals surface area contributed by atoms with E-state index < -0.39 is 0 Å². The fourth-order valence-electron chi connectivity index (χ4n) is 2.25. The van der Waals surface area contributed by atoms with Gasteiger partial charge in [0.1, 0.15) is 0 Å². The topological polar surface area (TPSA) is 29.1 Å². The number of hydrogen-bond donors (Lipinski definition) is 1. The van der Waals surface area contributed by atoms with E-state index in [4.69, 9.17) is 0 Å². The van der Waals surface area contributed by atoms with Gasteiger partial charge in [-0.15, -0.1) is 0 Å². The van der Waals surface area contributed by atoms with Crippen LogP contribution in [0.4, 0.5) is 0 Å². The predicted molar refractivity (Wildman–Crippen MR) is 59.0 cm³/mol. The standard InChI is InChI=1S/C12H23NO/c1-4-5-10(3)12(14)13-11-7-6-9(2)8-11/h9-11H,4-8H2,1-3H3,(H,13,14). The number of hydrogen-bond acceptors (Lipinski definition) is 1. The van der Waals surface area contributed by atoms with Gasteiger partial charge in [0.2, 0.25) is 5.91 Å². The van der Waals surface area contributed by atoms with Crippen LogP contribution in [0.1, 0.15) is 52.9 Å². The number of amides is 1. The third-order valence-corrected chi connectivity index (χ3v) is 3.21. The van der Waals surface area contributed by atoms with Crippen molar-refractivity contribution < 1.29 is 4.79 Å². The lowest BCUT2D eigenvalue weighted by molar-refractivity contribution is -0.125. The van der Waals surface area contributed by atoms with E-state index >= 15 is 0 Å². The number of carbonyl (C=O) groups excluding carboxylic acids is 1. The van der Waals surface area contributed by atoms with Crippen LogP contribution in [0, 0.1) is 11.8 Å². The molecule has 0 bridgehead atoms. The molecule has 0 aromatic rings. The van der Waals surface area contributed by atoms with Crippen LogP contribution < -0.4 is 5.32 Å². The van der Waals surface area contributed by atoms with Crippen LogP contribution in [0.2, 0.25) is 0 Å². The molecule has 2 nitrogen and oxygen atoms in total. The van der Waals surface area contributed by atoms with Gasteiger partial charge >= 0.3 is 0 Å². The minimum absolute atomic E-state index is 0.191. The Hall–Kier alpha value is -0.530. The largest absolute Gasteiger partial charge is 0.353 e. The summed E-state index contributed by atoms with van der Waals surface area (Å²) in [5.41, 5.74) is 0. The summed E-state index contributed by atoms with van der Waals surface area (Å²) in [6.45, 7) is 6.42. The van der Waals surface area contributed by atoms with Crippen molar-refractivity contribution in [3.8, 4) is 0 Å². The van der Waals surface area contributed by atoms with Gasteiger partial charge in [0, 0.05) is 12.0 Å². The highest BCUT2D eigenvalue weighted by Gasteiger charge is 2.24. The second kappa shape index (κ2) is 5.38. The minimum Gasteiger partial charge on any atom is -0.353 e. The van der Waals surface area contributed by atoms with Crippen LogP contribution in [-0.4, -0.2) is 11.9 Å². The lowest BCUT2D eigenvalue weighted by Crippen LogP contribution is -2.36. The molecule has 0 saturated heterocycles. The SMILES string of the molecule is CCCC(C)C(=O)NC1CCC(C)C1. The maximum atomic E-state index is 11.7. The molecular formula is C12H23NO. The zero-order valence-corrected chi connectivity index (χ0v) is 9.68. The first-order chi connectivity index (χ1) is 6.63. The molecule has 0 aliphatic heterocycles. The molecule has 0 aromatic carbocycles. The molecular weight excluding hydrogens is 174 g/mol. The smallest absolute Gasteiger partial charge is 0.223 e. The molecule has 14 heavy (non-hydrogen) atoms. The molecule has 3 atom stereocenters. The lowest BCUT2D eigenvalue weighted by Gasteiger charge is -2.16. The van der Waals surface area contributed by atoms with Crippen LogP contribution in [0.25, 0.3) is 0 Å². The third-order valence-electron chi connectivity index (χ3n) is 3.21. The van der Waals surface area contributed by atoms with Crippen LogP contribution in [0.5, 0.6) is 0 Å². The fourth-order valence-corrected chi connectivity index (χ4v) is 2.25. The van der Waals surface area contributed by atoms with E-state index in [0.29, 0.717) is 6.04 Å². The summed E-state index contributed by atoms with van der Waals surface area (Å²) in [5.74, 6) is 1.24. The first kappa shape index (κ1) is 11.5. The van der Waals surface area contributed by atoms with Crippen molar-refractivity contribution in [2.75, 3.05) is 0 Å².